The van der Waals surface area contributed by atoms with Crippen molar-refractivity contribution in [2.45, 2.75) is 31.7 Å². The first kappa shape index (κ1) is 20.9. The van der Waals surface area contributed by atoms with Gasteiger partial charge in [-0.15, -0.1) is 0 Å². The van der Waals surface area contributed by atoms with Gasteiger partial charge in [0, 0.05) is 42.5 Å². The molecule has 5 nitrogen and oxygen atoms in total. The quantitative estimate of drug-likeness (QED) is 0.777. The Hall–Kier alpha value is -2.37. The SMILES string of the molecule is O=C(Nc1cccc(Cl)c1)[C@H](C1CCCC1)N1CCN(C(=O)c2ccccc2)CC1. The molecule has 2 aromatic carbocycles. The first-order valence-electron chi connectivity index (χ1n) is 10.8. The monoisotopic (exact) mass is 425 g/mol. The van der Waals surface area contributed by atoms with Crippen LogP contribution in [-0.4, -0.2) is 53.8 Å². The highest BCUT2D eigenvalue weighted by atomic mass is 35.5. The van der Waals surface area contributed by atoms with Crippen LogP contribution in [0.15, 0.2) is 54.6 Å². The lowest BCUT2D eigenvalue weighted by atomic mass is 9.94. The third-order valence-corrected chi connectivity index (χ3v) is 6.46. The molecule has 2 aromatic rings. The molecule has 2 amide bonds. The smallest absolute Gasteiger partial charge is 0.253 e. The van der Waals surface area contributed by atoms with Crippen LogP contribution >= 0.6 is 11.6 Å². The summed E-state index contributed by atoms with van der Waals surface area (Å²) in [6.45, 7) is 2.70. The van der Waals surface area contributed by atoms with Gasteiger partial charge < -0.3 is 10.2 Å². The number of carbonyl (C=O) groups excluding carboxylic acids is 2. The van der Waals surface area contributed by atoms with E-state index in [4.69, 9.17) is 11.6 Å². The fourth-order valence-corrected chi connectivity index (χ4v) is 4.89. The summed E-state index contributed by atoms with van der Waals surface area (Å²) in [5.74, 6) is 0.462. The maximum atomic E-state index is 13.3. The Labute approximate surface area is 183 Å². The van der Waals surface area contributed by atoms with E-state index in [0.717, 1.165) is 24.1 Å². The molecule has 6 heteroatoms. The minimum absolute atomic E-state index is 0.0343. The van der Waals surface area contributed by atoms with Crippen LogP contribution in [0.2, 0.25) is 5.02 Å². The van der Waals surface area contributed by atoms with Gasteiger partial charge in [-0.3, -0.25) is 14.5 Å². The number of amides is 2. The van der Waals surface area contributed by atoms with Gasteiger partial charge in [0.15, 0.2) is 0 Å². The summed E-state index contributed by atoms with van der Waals surface area (Å²) in [6.07, 6.45) is 4.52. The summed E-state index contributed by atoms with van der Waals surface area (Å²) >= 11 is 6.08. The lowest BCUT2D eigenvalue weighted by molar-refractivity contribution is -0.123. The zero-order chi connectivity index (χ0) is 20.9. The Balaban J connectivity index is 1.43. The highest BCUT2D eigenvalue weighted by Gasteiger charge is 2.37. The number of benzene rings is 2. The number of anilines is 1. The Morgan fingerprint density at radius 2 is 1.63 bits per heavy atom. The molecule has 1 atom stereocenters. The lowest BCUT2D eigenvalue weighted by Crippen LogP contribution is -2.56. The Morgan fingerprint density at radius 3 is 2.30 bits per heavy atom. The molecule has 1 N–H and O–H groups in total. The summed E-state index contributed by atoms with van der Waals surface area (Å²) in [7, 11) is 0. The van der Waals surface area contributed by atoms with Gasteiger partial charge in [0.25, 0.3) is 5.91 Å². The number of piperazine rings is 1. The molecular weight excluding hydrogens is 398 g/mol. The second kappa shape index (κ2) is 9.63. The lowest BCUT2D eigenvalue weighted by Gasteiger charge is -2.40. The molecule has 0 bridgehead atoms. The maximum absolute atomic E-state index is 13.3. The van der Waals surface area contributed by atoms with Crippen LogP contribution in [0.1, 0.15) is 36.0 Å². The number of rotatable bonds is 5. The summed E-state index contributed by atoms with van der Waals surface area (Å²) in [6, 6.07) is 16.5. The summed E-state index contributed by atoms with van der Waals surface area (Å²) in [4.78, 5) is 30.2. The molecular formula is C24H28ClN3O2. The van der Waals surface area contributed by atoms with Gasteiger partial charge >= 0.3 is 0 Å². The molecule has 1 saturated heterocycles. The molecule has 2 aliphatic rings. The van der Waals surface area contributed by atoms with Gasteiger partial charge in [-0.1, -0.05) is 48.7 Å². The molecule has 0 aromatic heterocycles. The molecule has 2 fully saturated rings. The molecule has 1 saturated carbocycles. The third kappa shape index (κ3) is 4.85. The average molecular weight is 426 g/mol. The summed E-state index contributed by atoms with van der Waals surface area (Å²) in [5, 5.41) is 3.68. The van der Waals surface area contributed by atoms with Crippen molar-refractivity contribution < 1.29 is 9.59 Å². The van der Waals surface area contributed by atoms with Gasteiger partial charge in [0.05, 0.1) is 6.04 Å². The predicted molar refractivity (Wildman–Crippen MR) is 120 cm³/mol. The summed E-state index contributed by atoms with van der Waals surface area (Å²) in [5.41, 5.74) is 1.45. The van der Waals surface area contributed by atoms with Crippen LogP contribution in [-0.2, 0) is 4.79 Å². The minimum Gasteiger partial charge on any atom is -0.336 e. The Kier molecular flexibility index (Phi) is 6.70. The first-order chi connectivity index (χ1) is 14.6. The fraction of sp³-hybridized carbons (Fsp3) is 0.417. The van der Waals surface area contributed by atoms with Gasteiger partial charge in [-0.25, -0.2) is 0 Å². The van der Waals surface area contributed by atoms with Crippen molar-refractivity contribution in [3.63, 3.8) is 0 Å². The Bertz CT molecular complexity index is 875. The molecule has 1 aliphatic heterocycles. The number of hydrogen-bond donors (Lipinski definition) is 1. The Morgan fingerprint density at radius 1 is 0.933 bits per heavy atom. The number of hydrogen-bond acceptors (Lipinski definition) is 3. The van der Waals surface area contributed by atoms with Crippen LogP contribution < -0.4 is 5.32 Å². The van der Waals surface area contributed by atoms with Crippen LogP contribution in [0.3, 0.4) is 0 Å². The van der Waals surface area contributed by atoms with Crippen molar-refractivity contribution in [2.75, 3.05) is 31.5 Å². The van der Waals surface area contributed by atoms with Gasteiger partial charge in [0.1, 0.15) is 0 Å². The van der Waals surface area contributed by atoms with Crippen molar-refractivity contribution in [3.05, 3.63) is 65.2 Å². The largest absolute Gasteiger partial charge is 0.336 e. The van der Waals surface area contributed by atoms with E-state index in [1.165, 1.54) is 12.8 Å². The standard InChI is InChI=1S/C24H28ClN3O2/c25-20-11-6-12-21(17-20)26-23(29)22(18-7-4-5-8-18)27-13-15-28(16-14-27)24(30)19-9-2-1-3-10-19/h1-3,6,9-12,17-18,22H,4-5,7-8,13-16H2,(H,26,29)/t22-/m0/s1. The zero-order valence-electron chi connectivity index (χ0n) is 17.1. The molecule has 158 valence electrons. The highest BCUT2D eigenvalue weighted by molar-refractivity contribution is 6.30. The van der Waals surface area contributed by atoms with E-state index in [-0.39, 0.29) is 17.9 Å². The van der Waals surface area contributed by atoms with E-state index in [2.05, 4.69) is 10.2 Å². The average Bonchev–Trinajstić information content (AvgIpc) is 3.29. The summed E-state index contributed by atoms with van der Waals surface area (Å²) < 4.78 is 0. The van der Waals surface area contributed by atoms with E-state index in [0.29, 0.717) is 37.1 Å². The first-order valence-corrected chi connectivity index (χ1v) is 11.1. The molecule has 0 spiro atoms. The van der Waals surface area contributed by atoms with Crippen LogP contribution in [0, 0.1) is 5.92 Å². The number of halogens is 1. The molecule has 1 aliphatic carbocycles. The second-order valence-corrected chi connectivity index (χ2v) is 8.62. The zero-order valence-corrected chi connectivity index (χ0v) is 17.9. The van der Waals surface area contributed by atoms with Gasteiger partial charge in [-0.05, 0) is 49.1 Å². The van der Waals surface area contributed by atoms with Crippen LogP contribution in [0.25, 0.3) is 0 Å². The van der Waals surface area contributed by atoms with E-state index >= 15 is 0 Å². The van der Waals surface area contributed by atoms with E-state index in [1.54, 1.807) is 12.1 Å². The minimum atomic E-state index is -0.166. The topological polar surface area (TPSA) is 52.7 Å². The maximum Gasteiger partial charge on any atom is 0.253 e. The molecule has 30 heavy (non-hydrogen) atoms. The predicted octanol–water partition coefficient (Wildman–Crippen LogP) is 4.30. The number of carbonyl (C=O) groups is 2. The molecule has 1 heterocycles. The van der Waals surface area contributed by atoms with Gasteiger partial charge in [0.2, 0.25) is 5.91 Å². The van der Waals surface area contributed by atoms with Crippen molar-refractivity contribution in [2.24, 2.45) is 5.92 Å². The van der Waals surface area contributed by atoms with Crippen molar-refractivity contribution in [1.29, 1.82) is 0 Å². The third-order valence-electron chi connectivity index (χ3n) is 6.22. The van der Waals surface area contributed by atoms with E-state index < -0.39 is 0 Å². The van der Waals surface area contributed by atoms with Crippen molar-refractivity contribution in [1.82, 2.24) is 9.80 Å². The van der Waals surface area contributed by atoms with E-state index in [9.17, 15) is 9.59 Å². The number of nitrogens with one attached hydrogen (secondary N) is 1. The second-order valence-electron chi connectivity index (χ2n) is 8.18. The normalized spacial score (nSPS) is 18.9. The van der Waals surface area contributed by atoms with Crippen molar-refractivity contribution >= 4 is 29.1 Å². The van der Waals surface area contributed by atoms with Gasteiger partial charge in [-0.2, -0.15) is 0 Å². The molecule has 4 rings (SSSR count). The number of nitrogens with zero attached hydrogens (tertiary/aromatic N) is 2. The van der Waals surface area contributed by atoms with E-state index in [1.807, 2.05) is 47.4 Å². The fourth-order valence-electron chi connectivity index (χ4n) is 4.70. The molecule has 0 unspecified atom stereocenters. The van der Waals surface area contributed by atoms with Crippen LogP contribution in [0.4, 0.5) is 5.69 Å². The molecule has 0 radical (unpaired) electrons. The van der Waals surface area contributed by atoms with Crippen LogP contribution in [0.5, 0.6) is 0 Å². The van der Waals surface area contributed by atoms with Crippen molar-refractivity contribution in [3.8, 4) is 0 Å². The highest BCUT2D eigenvalue weighted by Crippen LogP contribution is 2.32.